The number of alkyl halides is 3. The maximum absolute atomic E-state index is 14.9. The van der Waals surface area contributed by atoms with Gasteiger partial charge >= 0.3 is 6.18 Å². The summed E-state index contributed by atoms with van der Waals surface area (Å²) in [6.45, 7) is -0.133. The van der Waals surface area contributed by atoms with Crippen molar-refractivity contribution in [1.29, 1.82) is 0 Å². The van der Waals surface area contributed by atoms with Crippen LogP contribution in [0.25, 0.3) is 0 Å². The van der Waals surface area contributed by atoms with Gasteiger partial charge < -0.3 is 0 Å². The summed E-state index contributed by atoms with van der Waals surface area (Å²) in [6.07, 6.45) is -3.54. The minimum absolute atomic E-state index is 0.0297. The fourth-order valence-corrected chi connectivity index (χ4v) is 6.35. The Kier molecular flexibility index (Phi) is 7.02. The zero-order valence-corrected chi connectivity index (χ0v) is 19.3. The van der Waals surface area contributed by atoms with Crippen molar-refractivity contribution >= 4 is 21.4 Å². The van der Waals surface area contributed by atoms with E-state index in [-0.39, 0.29) is 36.5 Å². The van der Waals surface area contributed by atoms with Crippen LogP contribution in [0.5, 0.6) is 0 Å². The molecule has 182 valence electrons. The van der Waals surface area contributed by atoms with E-state index >= 15 is 0 Å². The molecule has 0 spiro atoms. The van der Waals surface area contributed by atoms with Crippen molar-refractivity contribution in [3.8, 4) is 0 Å². The highest BCUT2D eigenvalue weighted by Gasteiger charge is 2.44. The summed E-state index contributed by atoms with van der Waals surface area (Å²) in [7, 11) is -4.21. The number of sulfone groups is 1. The van der Waals surface area contributed by atoms with Crippen LogP contribution in [0.4, 0.5) is 22.0 Å². The Balaban J connectivity index is 1.60. The Hall–Kier alpha value is -2.44. The molecule has 2 atom stereocenters. The summed E-state index contributed by atoms with van der Waals surface area (Å²) in [5.41, 5.74) is 0.521. The first-order valence-corrected chi connectivity index (χ1v) is 12.8. The van der Waals surface area contributed by atoms with E-state index in [4.69, 9.17) is 0 Å². The van der Waals surface area contributed by atoms with E-state index in [0.29, 0.717) is 11.6 Å². The highest BCUT2D eigenvalue weighted by Crippen LogP contribution is 2.42. The fraction of sp³-hybridized carbons (Fsp3) is 0.364. The third kappa shape index (κ3) is 5.44. The molecule has 0 amide bonds. The largest absolute Gasteiger partial charge is 0.391 e. The van der Waals surface area contributed by atoms with Gasteiger partial charge in [-0.15, -0.1) is 0 Å². The molecule has 5 nitrogen and oxygen atoms in total. The van der Waals surface area contributed by atoms with Crippen molar-refractivity contribution in [2.75, 3.05) is 6.54 Å². The van der Waals surface area contributed by atoms with Crippen LogP contribution in [-0.2, 0) is 22.1 Å². The number of benzene rings is 2. The summed E-state index contributed by atoms with van der Waals surface area (Å²) in [6, 6.07) is 9.36. The van der Waals surface area contributed by atoms with E-state index in [2.05, 4.69) is 9.36 Å². The van der Waals surface area contributed by atoms with Gasteiger partial charge in [0.2, 0.25) is 0 Å². The summed E-state index contributed by atoms with van der Waals surface area (Å²) >= 11 is 0.838. The first kappa shape index (κ1) is 24.7. The van der Waals surface area contributed by atoms with E-state index in [1.54, 1.807) is 35.2 Å². The van der Waals surface area contributed by atoms with Gasteiger partial charge in [0.1, 0.15) is 33.6 Å². The van der Waals surface area contributed by atoms with E-state index in [1.807, 2.05) is 0 Å². The van der Waals surface area contributed by atoms with Crippen LogP contribution in [-0.4, -0.2) is 35.4 Å². The number of hydrogen-bond acceptors (Lipinski definition) is 6. The number of hydrogen-bond donors (Lipinski definition) is 0. The molecule has 34 heavy (non-hydrogen) atoms. The average Bonchev–Trinajstić information content (AvgIpc) is 3.28. The van der Waals surface area contributed by atoms with Gasteiger partial charge in [-0.25, -0.2) is 22.2 Å². The second-order valence-electron chi connectivity index (χ2n) is 8.13. The maximum Gasteiger partial charge on any atom is 0.391 e. The van der Waals surface area contributed by atoms with Gasteiger partial charge in [-0.1, -0.05) is 30.3 Å². The third-order valence-corrected chi connectivity index (χ3v) is 8.37. The third-order valence-electron chi connectivity index (χ3n) is 5.89. The van der Waals surface area contributed by atoms with Crippen molar-refractivity contribution in [3.05, 3.63) is 76.6 Å². The minimum atomic E-state index is -4.35. The lowest BCUT2D eigenvalue weighted by Crippen LogP contribution is -2.41. The number of likely N-dealkylation sites (tertiary alicyclic amines) is 1. The minimum Gasteiger partial charge on any atom is -0.292 e. The van der Waals surface area contributed by atoms with Gasteiger partial charge in [0.25, 0.3) is 0 Å². The standard InChI is InChI=1S/C22H20F5N3O2S2/c23-17-10-20(34(31,32)12-21-28-13-29-33-21)18(24)8-15(17)11-30-7-6-16(22(25,26)27)9-19(30)14-4-2-1-3-5-14/h1-5,8,10,13,16,19H,6-7,9,11-12H2/t16-,19+/m1/s1. The van der Waals surface area contributed by atoms with Crippen LogP contribution in [0.3, 0.4) is 0 Å². The maximum atomic E-state index is 14.9. The quantitative estimate of drug-likeness (QED) is 0.415. The van der Waals surface area contributed by atoms with Gasteiger partial charge in [0.05, 0.1) is 5.92 Å². The van der Waals surface area contributed by atoms with E-state index in [9.17, 15) is 30.4 Å². The van der Waals surface area contributed by atoms with E-state index < -0.39 is 50.3 Å². The molecule has 1 aromatic heterocycles. The van der Waals surface area contributed by atoms with Crippen molar-refractivity contribution < 1.29 is 30.4 Å². The van der Waals surface area contributed by atoms with Crippen molar-refractivity contribution in [2.24, 2.45) is 5.92 Å². The van der Waals surface area contributed by atoms with Gasteiger partial charge in [-0.05, 0) is 48.6 Å². The monoisotopic (exact) mass is 517 g/mol. The molecule has 1 aliphatic rings. The zero-order chi connectivity index (χ0) is 24.5. The zero-order valence-electron chi connectivity index (χ0n) is 17.7. The highest BCUT2D eigenvalue weighted by atomic mass is 32.2. The molecule has 1 saturated heterocycles. The summed E-state index contributed by atoms with van der Waals surface area (Å²) in [4.78, 5) is 4.64. The first-order chi connectivity index (χ1) is 16.0. The summed E-state index contributed by atoms with van der Waals surface area (Å²) in [5, 5.41) is 0.141. The second-order valence-corrected chi connectivity index (χ2v) is 11.0. The second kappa shape index (κ2) is 9.67. The smallest absolute Gasteiger partial charge is 0.292 e. The van der Waals surface area contributed by atoms with Gasteiger partial charge in [0, 0.05) is 18.2 Å². The van der Waals surface area contributed by atoms with Gasteiger partial charge in [-0.3, -0.25) is 4.90 Å². The lowest BCUT2D eigenvalue weighted by molar-refractivity contribution is -0.190. The SMILES string of the molecule is O=S(=O)(Cc1ncns1)c1cc(F)c(CN2CC[C@@H](C(F)(F)F)C[C@H]2c2ccccc2)cc1F. The number of aromatic nitrogens is 2. The molecule has 12 heteroatoms. The number of rotatable bonds is 6. The van der Waals surface area contributed by atoms with Crippen molar-refractivity contribution in [2.45, 2.75) is 42.3 Å². The van der Waals surface area contributed by atoms with Crippen molar-refractivity contribution in [3.63, 3.8) is 0 Å². The molecule has 0 unspecified atom stereocenters. The van der Waals surface area contributed by atoms with Gasteiger partial charge in [0.15, 0.2) is 9.84 Å². The molecule has 1 fully saturated rings. The Morgan fingerprint density at radius 1 is 1.09 bits per heavy atom. The lowest BCUT2D eigenvalue weighted by Gasteiger charge is -2.40. The Bertz CT molecular complexity index is 1240. The molecule has 2 heterocycles. The molecule has 4 rings (SSSR count). The molecular formula is C22H20F5N3O2S2. The fourth-order valence-electron chi connectivity index (χ4n) is 4.17. The Morgan fingerprint density at radius 3 is 2.47 bits per heavy atom. The van der Waals surface area contributed by atoms with Crippen LogP contribution >= 0.6 is 11.5 Å². The number of halogens is 5. The molecule has 2 aromatic carbocycles. The highest BCUT2D eigenvalue weighted by molar-refractivity contribution is 7.90. The Morgan fingerprint density at radius 2 is 1.82 bits per heavy atom. The molecule has 0 aliphatic carbocycles. The summed E-state index contributed by atoms with van der Waals surface area (Å²) < 4.78 is 98.7. The average molecular weight is 518 g/mol. The predicted octanol–water partition coefficient (Wildman–Crippen LogP) is 5.31. The topological polar surface area (TPSA) is 63.2 Å². The van der Waals surface area contributed by atoms with Crippen LogP contribution in [0.1, 0.15) is 35.0 Å². The number of piperidine rings is 1. The van der Waals surface area contributed by atoms with Gasteiger partial charge in [-0.2, -0.15) is 17.5 Å². The van der Waals surface area contributed by atoms with Crippen molar-refractivity contribution in [1.82, 2.24) is 14.3 Å². The van der Waals surface area contributed by atoms with Crippen LogP contribution in [0.2, 0.25) is 0 Å². The molecule has 0 radical (unpaired) electrons. The predicted molar refractivity (Wildman–Crippen MR) is 116 cm³/mol. The molecule has 3 aromatic rings. The molecular weight excluding hydrogens is 497 g/mol. The van der Waals surface area contributed by atoms with Crippen LogP contribution < -0.4 is 0 Å². The molecule has 0 saturated carbocycles. The lowest BCUT2D eigenvalue weighted by atomic mass is 9.86. The first-order valence-electron chi connectivity index (χ1n) is 10.4. The van der Waals surface area contributed by atoms with E-state index in [1.165, 1.54) is 6.33 Å². The number of nitrogens with zero attached hydrogens (tertiary/aromatic N) is 3. The van der Waals surface area contributed by atoms with E-state index in [0.717, 1.165) is 17.6 Å². The molecule has 0 N–H and O–H groups in total. The molecule has 0 bridgehead atoms. The Labute approximate surface area is 197 Å². The summed E-state index contributed by atoms with van der Waals surface area (Å²) in [5.74, 6) is -4.18. The normalized spacial score (nSPS) is 19.9. The van der Waals surface area contributed by atoms with Crippen LogP contribution in [0, 0.1) is 17.6 Å². The molecule has 1 aliphatic heterocycles. The van der Waals surface area contributed by atoms with Crippen LogP contribution in [0.15, 0.2) is 53.7 Å².